The highest BCUT2D eigenvalue weighted by molar-refractivity contribution is 5.84. The van der Waals surface area contributed by atoms with E-state index in [-0.39, 0.29) is 23.8 Å². The molecule has 0 spiro atoms. The molecule has 4 nitrogen and oxygen atoms in total. The molecule has 1 heterocycles. The van der Waals surface area contributed by atoms with Crippen molar-refractivity contribution in [3.05, 3.63) is 35.9 Å². The topological polar surface area (TPSA) is 58.2 Å². The van der Waals surface area contributed by atoms with Crippen molar-refractivity contribution in [1.29, 1.82) is 0 Å². The van der Waals surface area contributed by atoms with Crippen molar-refractivity contribution in [3.63, 3.8) is 0 Å². The van der Waals surface area contributed by atoms with Gasteiger partial charge in [0.05, 0.1) is 5.92 Å². The summed E-state index contributed by atoms with van der Waals surface area (Å²) in [5.41, 5.74) is 1.04. The normalized spacial score (nSPS) is 20.5. The molecule has 2 N–H and O–H groups in total. The second-order valence-electron chi connectivity index (χ2n) is 4.92. The Morgan fingerprint density at radius 1 is 1.42 bits per heavy atom. The van der Waals surface area contributed by atoms with Gasteiger partial charge in [0.15, 0.2) is 0 Å². The van der Waals surface area contributed by atoms with E-state index in [0.29, 0.717) is 13.0 Å². The molecular weight excluding hydrogens is 240 g/mol. The van der Waals surface area contributed by atoms with Crippen molar-refractivity contribution >= 4 is 11.8 Å². The first-order valence-electron chi connectivity index (χ1n) is 6.82. The molecule has 4 heteroatoms. The van der Waals surface area contributed by atoms with Gasteiger partial charge in [-0.05, 0) is 18.4 Å². The maximum Gasteiger partial charge on any atom is 0.227 e. The highest BCUT2D eigenvalue weighted by Crippen LogP contribution is 2.19. The zero-order valence-electron chi connectivity index (χ0n) is 11.2. The lowest BCUT2D eigenvalue weighted by Gasteiger charge is -2.25. The molecule has 2 rings (SSSR count). The molecule has 1 fully saturated rings. The van der Waals surface area contributed by atoms with Crippen LogP contribution >= 0.6 is 0 Å². The van der Waals surface area contributed by atoms with Crippen LogP contribution in [0.1, 0.15) is 37.7 Å². The number of hydrogen-bond acceptors (Lipinski definition) is 2. The maximum atomic E-state index is 12.3. The highest BCUT2D eigenvalue weighted by Gasteiger charge is 2.24. The zero-order chi connectivity index (χ0) is 13.7. The van der Waals surface area contributed by atoms with Gasteiger partial charge in [-0.15, -0.1) is 0 Å². The van der Waals surface area contributed by atoms with Crippen LogP contribution in [0.15, 0.2) is 30.3 Å². The van der Waals surface area contributed by atoms with E-state index in [0.717, 1.165) is 18.4 Å². The zero-order valence-corrected chi connectivity index (χ0v) is 11.2. The van der Waals surface area contributed by atoms with E-state index < -0.39 is 0 Å². The number of piperidine rings is 1. The minimum atomic E-state index is -0.112. The molecule has 19 heavy (non-hydrogen) atoms. The van der Waals surface area contributed by atoms with Gasteiger partial charge in [-0.3, -0.25) is 9.59 Å². The van der Waals surface area contributed by atoms with E-state index >= 15 is 0 Å². The van der Waals surface area contributed by atoms with Crippen LogP contribution in [0.3, 0.4) is 0 Å². The van der Waals surface area contributed by atoms with Gasteiger partial charge in [0.1, 0.15) is 0 Å². The van der Waals surface area contributed by atoms with Crippen molar-refractivity contribution in [1.82, 2.24) is 10.6 Å². The van der Waals surface area contributed by atoms with Gasteiger partial charge in [0, 0.05) is 19.0 Å². The molecule has 1 aromatic rings. The summed E-state index contributed by atoms with van der Waals surface area (Å²) in [5, 5.41) is 5.82. The van der Waals surface area contributed by atoms with Gasteiger partial charge < -0.3 is 10.6 Å². The van der Waals surface area contributed by atoms with Gasteiger partial charge in [-0.25, -0.2) is 0 Å². The minimum Gasteiger partial charge on any atom is -0.354 e. The van der Waals surface area contributed by atoms with E-state index in [4.69, 9.17) is 0 Å². The Kier molecular flexibility index (Phi) is 4.55. The van der Waals surface area contributed by atoms with Gasteiger partial charge in [-0.1, -0.05) is 37.3 Å². The molecule has 1 aromatic carbocycles. The SMILES string of the molecule is CCC(C(=O)NC1CCC(=O)NC1)c1ccccc1. The summed E-state index contributed by atoms with van der Waals surface area (Å²) < 4.78 is 0. The van der Waals surface area contributed by atoms with E-state index in [1.807, 2.05) is 37.3 Å². The molecule has 2 amide bonds. The molecule has 2 unspecified atom stereocenters. The highest BCUT2D eigenvalue weighted by atomic mass is 16.2. The molecule has 0 aliphatic carbocycles. The van der Waals surface area contributed by atoms with Crippen LogP contribution in [0.5, 0.6) is 0 Å². The van der Waals surface area contributed by atoms with Gasteiger partial charge >= 0.3 is 0 Å². The summed E-state index contributed by atoms with van der Waals surface area (Å²) in [5.74, 6) is 0.00859. The maximum absolute atomic E-state index is 12.3. The molecular formula is C15H20N2O2. The molecule has 1 saturated heterocycles. The predicted octanol–water partition coefficient (Wildman–Crippen LogP) is 1.57. The number of nitrogens with one attached hydrogen (secondary N) is 2. The molecule has 1 aliphatic rings. The third-order valence-corrected chi connectivity index (χ3v) is 3.54. The van der Waals surface area contributed by atoms with Crippen molar-refractivity contribution in [2.45, 2.75) is 38.1 Å². The Morgan fingerprint density at radius 2 is 2.16 bits per heavy atom. The lowest BCUT2D eigenvalue weighted by atomic mass is 9.95. The second kappa shape index (κ2) is 6.36. The van der Waals surface area contributed by atoms with Crippen molar-refractivity contribution in [3.8, 4) is 0 Å². The van der Waals surface area contributed by atoms with Crippen LogP contribution in [0.4, 0.5) is 0 Å². The standard InChI is InChI=1S/C15H20N2O2/c1-2-13(11-6-4-3-5-7-11)15(19)17-12-8-9-14(18)16-10-12/h3-7,12-13H,2,8-10H2,1H3,(H,16,18)(H,17,19). The molecule has 102 valence electrons. The Bertz CT molecular complexity index is 435. The quantitative estimate of drug-likeness (QED) is 0.863. The summed E-state index contributed by atoms with van der Waals surface area (Å²) in [4.78, 5) is 23.4. The number of carbonyl (C=O) groups excluding carboxylic acids is 2. The number of rotatable bonds is 4. The third kappa shape index (κ3) is 3.56. The molecule has 0 saturated carbocycles. The van der Waals surface area contributed by atoms with Crippen LogP contribution < -0.4 is 10.6 Å². The van der Waals surface area contributed by atoms with Gasteiger partial charge in [0.25, 0.3) is 0 Å². The smallest absolute Gasteiger partial charge is 0.227 e. The fraction of sp³-hybridized carbons (Fsp3) is 0.467. The Hall–Kier alpha value is -1.84. The lowest BCUT2D eigenvalue weighted by Crippen LogP contribution is -2.48. The summed E-state index contributed by atoms with van der Waals surface area (Å²) >= 11 is 0. The minimum absolute atomic E-state index is 0.0508. The lowest BCUT2D eigenvalue weighted by molar-refractivity contribution is -0.126. The predicted molar refractivity (Wildman–Crippen MR) is 73.6 cm³/mol. The Balaban J connectivity index is 1.96. The fourth-order valence-electron chi connectivity index (χ4n) is 2.42. The molecule has 1 aliphatic heterocycles. The molecule has 0 bridgehead atoms. The number of carbonyl (C=O) groups is 2. The first kappa shape index (κ1) is 13.6. The number of hydrogen-bond donors (Lipinski definition) is 2. The number of benzene rings is 1. The fourth-order valence-corrected chi connectivity index (χ4v) is 2.42. The van der Waals surface area contributed by atoms with E-state index in [1.165, 1.54) is 0 Å². The first-order valence-corrected chi connectivity index (χ1v) is 6.82. The average Bonchev–Trinajstić information content (AvgIpc) is 2.43. The van der Waals surface area contributed by atoms with Gasteiger partial charge in [-0.2, -0.15) is 0 Å². The van der Waals surface area contributed by atoms with Gasteiger partial charge in [0.2, 0.25) is 11.8 Å². The van der Waals surface area contributed by atoms with Crippen molar-refractivity contribution in [2.24, 2.45) is 0 Å². The van der Waals surface area contributed by atoms with Crippen LogP contribution in [0.25, 0.3) is 0 Å². The molecule has 0 aromatic heterocycles. The van der Waals surface area contributed by atoms with Crippen LogP contribution in [0.2, 0.25) is 0 Å². The van der Waals surface area contributed by atoms with E-state index in [1.54, 1.807) is 0 Å². The summed E-state index contributed by atoms with van der Waals surface area (Å²) in [6, 6.07) is 9.87. The summed E-state index contributed by atoms with van der Waals surface area (Å²) in [7, 11) is 0. The second-order valence-corrected chi connectivity index (χ2v) is 4.92. The monoisotopic (exact) mass is 260 g/mol. The largest absolute Gasteiger partial charge is 0.354 e. The van der Waals surface area contributed by atoms with Crippen molar-refractivity contribution in [2.75, 3.05) is 6.54 Å². The van der Waals surface area contributed by atoms with E-state index in [9.17, 15) is 9.59 Å². The third-order valence-electron chi connectivity index (χ3n) is 3.54. The summed E-state index contributed by atoms with van der Waals surface area (Å²) in [6.45, 7) is 2.55. The average molecular weight is 260 g/mol. The van der Waals surface area contributed by atoms with Crippen LogP contribution in [-0.4, -0.2) is 24.4 Å². The van der Waals surface area contributed by atoms with Crippen molar-refractivity contribution < 1.29 is 9.59 Å². The number of amides is 2. The Morgan fingerprint density at radius 3 is 2.74 bits per heavy atom. The van der Waals surface area contributed by atoms with E-state index in [2.05, 4.69) is 10.6 Å². The van der Waals surface area contributed by atoms with Crippen LogP contribution in [0, 0.1) is 0 Å². The summed E-state index contributed by atoms with van der Waals surface area (Å²) in [6.07, 6.45) is 1.99. The Labute approximate surface area is 113 Å². The van der Waals surface area contributed by atoms with Crippen LogP contribution in [-0.2, 0) is 9.59 Å². The molecule has 2 atom stereocenters. The first-order chi connectivity index (χ1) is 9.20. The molecule has 0 radical (unpaired) electrons.